The molecule has 2 heteroatoms. The van der Waals surface area contributed by atoms with Crippen LogP contribution in [0.1, 0.15) is 6.92 Å². The Kier molecular flexibility index (Phi) is 3.65. The van der Waals surface area contributed by atoms with Gasteiger partial charge in [-0.25, -0.2) is 0 Å². The largest absolute Gasteiger partial charge is 0.316 e. The molecule has 0 aromatic carbocycles. The number of thiol groups is 1. The van der Waals surface area contributed by atoms with Crippen molar-refractivity contribution in [1.29, 1.82) is 0 Å². The maximum absolute atomic E-state index is 5.34. The summed E-state index contributed by atoms with van der Waals surface area (Å²) in [7, 11) is 0. The molecule has 0 aliphatic carbocycles. The molecule has 46 valence electrons. The van der Waals surface area contributed by atoms with Gasteiger partial charge >= 0.3 is 0 Å². The van der Waals surface area contributed by atoms with Crippen molar-refractivity contribution >= 4 is 12.6 Å². The predicted octanol–water partition coefficient (Wildman–Crippen LogP) is 1.33. The molecule has 0 heterocycles. The van der Waals surface area contributed by atoms with Gasteiger partial charge in [0.05, 0.1) is 5.37 Å². The third-order valence-electron chi connectivity index (χ3n) is 0.761. The minimum absolute atomic E-state index is 0.216. The molecule has 0 amide bonds. The Labute approximate surface area is 55.7 Å². The Bertz CT molecular complexity index is 105. The molecular formula is C6H11NS. The highest BCUT2D eigenvalue weighted by molar-refractivity contribution is 7.81. The van der Waals surface area contributed by atoms with E-state index in [1.165, 1.54) is 0 Å². The maximum atomic E-state index is 5.34. The van der Waals surface area contributed by atoms with E-state index in [0.717, 1.165) is 5.57 Å². The van der Waals surface area contributed by atoms with E-state index in [-0.39, 0.29) is 5.37 Å². The van der Waals surface area contributed by atoms with E-state index in [0.29, 0.717) is 0 Å². The highest BCUT2D eigenvalue weighted by atomic mass is 32.1. The summed E-state index contributed by atoms with van der Waals surface area (Å²) in [6.45, 7) is 5.57. The molecule has 0 saturated heterocycles. The molecule has 0 rings (SSSR count). The molecule has 1 nitrogen and oxygen atoms in total. The van der Waals surface area contributed by atoms with Gasteiger partial charge in [-0.1, -0.05) is 18.7 Å². The van der Waals surface area contributed by atoms with Crippen LogP contribution in [-0.2, 0) is 0 Å². The maximum Gasteiger partial charge on any atom is 0.0728 e. The summed E-state index contributed by atoms with van der Waals surface area (Å²) in [6.07, 6.45) is 3.73. The van der Waals surface area contributed by atoms with Crippen molar-refractivity contribution in [2.75, 3.05) is 0 Å². The van der Waals surface area contributed by atoms with Crippen LogP contribution in [-0.4, -0.2) is 5.37 Å². The molecule has 2 N–H and O–H groups in total. The quantitative estimate of drug-likeness (QED) is 0.328. The lowest BCUT2D eigenvalue weighted by atomic mass is 10.3. The van der Waals surface area contributed by atoms with Crippen molar-refractivity contribution in [3.05, 3.63) is 24.3 Å². The summed E-state index contributed by atoms with van der Waals surface area (Å²) in [5.41, 5.74) is 6.18. The highest BCUT2D eigenvalue weighted by Crippen LogP contribution is 2.00. The topological polar surface area (TPSA) is 26.0 Å². The summed E-state index contributed by atoms with van der Waals surface area (Å²) in [6, 6.07) is 0. The van der Waals surface area contributed by atoms with Gasteiger partial charge in [-0.05, 0) is 12.5 Å². The van der Waals surface area contributed by atoms with Crippen LogP contribution in [0.5, 0.6) is 0 Å². The van der Waals surface area contributed by atoms with Crippen molar-refractivity contribution in [2.24, 2.45) is 5.73 Å². The summed E-state index contributed by atoms with van der Waals surface area (Å²) < 4.78 is 0. The SMILES string of the molecule is C=C(/C=C\C)C(N)S. The summed E-state index contributed by atoms with van der Waals surface area (Å²) in [5.74, 6) is 0. The first-order valence-corrected chi connectivity index (χ1v) is 2.95. The molecule has 1 atom stereocenters. The normalized spacial score (nSPS) is 14.4. The standard InChI is InChI=1S/C6H11NS/c1-3-4-5(2)6(7)8/h3-4,6,8H,2,7H2,1H3/b4-3-. The molecule has 8 heavy (non-hydrogen) atoms. The van der Waals surface area contributed by atoms with Gasteiger partial charge in [0.1, 0.15) is 0 Å². The van der Waals surface area contributed by atoms with Gasteiger partial charge in [-0.3, -0.25) is 0 Å². The molecule has 0 fully saturated rings. The van der Waals surface area contributed by atoms with E-state index in [1.807, 2.05) is 19.1 Å². The van der Waals surface area contributed by atoms with Gasteiger partial charge < -0.3 is 5.73 Å². The lowest BCUT2D eigenvalue weighted by Crippen LogP contribution is -2.12. The zero-order chi connectivity index (χ0) is 6.57. The second kappa shape index (κ2) is 3.75. The molecule has 1 unspecified atom stereocenters. The fraction of sp³-hybridized carbons (Fsp3) is 0.333. The van der Waals surface area contributed by atoms with Crippen LogP contribution in [0, 0.1) is 0 Å². The van der Waals surface area contributed by atoms with Crippen LogP contribution in [0.25, 0.3) is 0 Å². The summed E-state index contributed by atoms with van der Waals surface area (Å²) in [4.78, 5) is 0. The first-order valence-electron chi connectivity index (χ1n) is 2.43. The average molecular weight is 129 g/mol. The second-order valence-electron chi connectivity index (χ2n) is 1.52. The van der Waals surface area contributed by atoms with Crippen molar-refractivity contribution in [3.63, 3.8) is 0 Å². The van der Waals surface area contributed by atoms with E-state index < -0.39 is 0 Å². The number of allylic oxidation sites excluding steroid dienone is 1. The van der Waals surface area contributed by atoms with Crippen molar-refractivity contribution < 1.29 is 0 Å². The lowest BCUT2D eigenvalue weighted by molar-refractivity contribution is 1.12. The van der Waals surface area contributed by atoms with Crippen LogP contribution in [0.3, 0.4) is 0 Å². The highest BCUT2D eigenvalue weighted by Gasteiger charge is 1.92. The molecular weight excluding hydrogens is 118 g/mol. The zero-order valence-corrected chi connectivity index (χ0v) is 5.86. The minimum atomic E-state index is -0.216. The van der Waals surface area contributed by atoms with Crippen molar-refractivity contribution in [2.45, 2.75) is 12.3 Å². The van der Waals surface area contributed by atoms with Crippen LogP contribution in [0.15, 0.2) is 24.3 Å². The monoisotopic (exact) mass is 129 g/mol. The number of nitrogens with two attached hydrogens (primary N) is 1. The summed E-state index contributed by atoms with van der Waals surface area (Å²) >= 11 is 3.95. The van der Waals surface area contributed by atoms with E-state index >= 15 is 0 Å². The Morgan fingerprint density at radius 1 is 1.88 bits per heavy atom. The molecule has 0 aromatic rings. The first-order chi connectivity index (χ1) is 3.68. The summed E-state index contributed by atoms with van der Waals surface area (Å²) in [5, 5.41) is -0.216. The fourth-order valence-corrected chi connectivity index (χ4v) is 0.399. The third kappa shape index (κ3) is 2.88. The Morgan fingerprint density at radius 3 is 2.50 bits per heavy atom. The molecule has 0 spiro atoms. The van der Waals surface area contributed by atoms with Crippen molar-refractivity contribution in [3.8, 4) is 0 Å². The lowest BCUT2D eigenvalue weighted by Gasteiger charge is -2.00. The molecule has 0 bridgehead atoms. The molecule has 0 aromatic heterocycles. The fourth-order valence-electron chi connectivity index (χ4n) is 0.313. The van der Waals surface area contributed by atoms with Crippen molar-refractivity contribution in [1.82, 2.24) is 0 Å². The average Bonchev–Trinajstić information content (AvgIpc) is 1.67. The van der Waals surface area contributed by atoms with Crippen LogP contribution < -0.4 is 5.73 Å². The molecule has 0 aliphatic rings. The van der Waals surface area contributed by atoms with Gasteiger partial charge in [-0.2, -0.15) is 12.6 Å². The Morgan fingerprint density at radius 2 is 2.38 bits per heavy atom. The molecule has 0 radical (unpaired) electrons. The van der Waals surface area contributed by atoms with Gasteiger partial charge in [0.25, 0.3) is 0 Å². The molecule has 0 aliphatic heterocycles. The van der Waals surface area contributed by atoms with Gasteiger partial charge in [0, 0.05) is 0 Å². The van der Waals surface area contributed by atoms with Gasteiger partial charge in [-0.15, -0.1) is 0 Å². The second-order valence-corrected chi connectivity index (χ2v) is 2.08. The first kappa shape index (κ1) is 7.79. The van der Waals surface area contributed by atoms with Crippen LogP contribution in [0.4, 0.5) is 0 Å². The van der Waals surface area contributed by atoms with Gasteiger partial charge in [0.15, 0.2) is 0 Å². The molecule has 0 saturated carbocycles. The zero-order valence-electron chi connectivity index (χ0n) is 4.96. The Hall–Kier alpha value is -0.210. The van der Waals surface area contributed by atoms with Gasteiger partial charge in [0.2, 0.25) is 0 Å². The van der Waals surface area contributed by atoms with E-state index in [2.05, 4.69) is 19.2 Å². The van der Waals surface area contributed by atoms with E-state index in [9.17, 15) is 0 Å². The Balaban J connectivity index is 3.66. The number of hydrogen-bond donors (Lipinski definition) is 2. The minimum Gasteiger partial charge on any atom is -0.316 e. The number of rotatable bonds is 2. The van der Waals surface area contributed by atoms with E-state index in [4.69, 9.17) is 5.73 Å². The van der Waals surface area contributed by atoms with Crippen LogP contribution in [0.2, 0.25) is 0 Å². The van der Waals surface area contributed by atoms with Crippen LogP contribution >= 0.6 is 12.6 Å². The third-order valence-corrected chi connectivity index (χ3v) is 1.09. The van der Waals surface area contributed by atoms with E-state index in [1.54, 1.807) is 0 Å². The predicted molar refractivity (Wildman–Crippen MR) is 40.9 cm³/mol. The smallest absolute Gasteiger partial charge is 0.0728 e. The number of hydrogen-bond acceptors (Lipinski definition) is 2.